The zero-order valence-corrected chi connectivity index (χ0v) is 12.5. The van der Waals surface area contributed by atoms with E-state index >= 15 is 0 Å². The molecule has 1 N–H and O–H groups in total. The molecular formula is C14H25N3O. The summed E-state index contributed by atoms with van der Waals surface area (Å²) in [5.41, 5.74) is 0.967. The van der Waals surface area contributed by atoms with Gasteiger partial charge in [0.1, 0.15) is 11.6 Å². The van der Waals surface area contributed by atoms with Crippen molar-refractivity contribution in [1.82, 2.24) is 9.97 Å². The number of hydrogen-bond donors (Lipinski definition) is 1. The summed E-state index contributed by atoms with van der Waals surface area (Å²) in [6.07, 6.45) is 0.142. The standard InChI is InChI=1S/C14H25N3O/c1-8(2)11(6)18-14-10(5)13(15-7)16-12(17-14)9(3)4/h8-9,11H,1-7H3,(H,15,16,17). The Labute approximate surface area is 110 Å². The molecule has 0 saturated heterocycles. The lowest BCUT2D eigenvalue weighted by Gasteiger charge is -2.20. The maximum Gasteiger partial charge on any atom is 0.222 e. The fourth-order valence-corrected chi connectivity index (χ4v) is 1.44. The van der Waals surface area contributed by atoms with Gasteiger partial charge in [0.15, 0.2) is 0 Å². The Hall–Kier alpha value is -1.32. The predicted molar refractivity (Wildman–Crippen MR) is 75.3 cm³/mol. The summed E-state index contributed by atoms with van der Waals surface area (Å²) in [6.45, 7) is 12.5. The van der Waals surface area contributed by atoms with Crippen LogP contribution < -0.4 is 10.1 Å². The molecule has 1 unspecified atom stereocenters. The van der Waals surface area contributed by atoms with Gasteiger partial charge in [0.05, 0.1) is 11.7 Å². The van der Waals surface area contributed by atoms with Crippen LogP contribution in [0.15, 0.2) is 0 Å². The number of nitrogens with one attached hydrogen (secondary N) is 1. The Bertz CT molecular complexity index is 402. The molecule has 1 aromatic rings. The van der Waals surface area contributed by atoms with Gasteiger partial charge in [0.25, 0.3) is 0 Å². The van der Waals surface area contributed by atoms with Crippen molar-refractivity contribution in [3.8, 4) is 5.88 Å². The molecule has 0 fully saturated rings. The van der Waals surface area contributed by atoms with E-state index < -0.39 is 0 Å². The Balaban J connectivity index is 3.12. The third-order valence-electron chi connectivity index (χ3n) is 3.11. The first kappa shape index (κ1) is 14.7. The molecule has 0 aliphatic carbocycles. The van der Waals surface area contributed by atoms with Gasteiger partial charge in [-0.3, -0.25) is 0 Å². The quantitative estimate of drug-likeness (QED) is 0.871. The molecular weight excluding hydrogens is 226 g/mol. The topological polar surface area (TPSA) is 47.0 Å². The SMILES string of the molecule is CNc1nc(C(C)C)nc(OC(C)C(C)C)c1C. The van der Waals surface area contributed by atoms with E-state index in [9.17, 15) is 0 Å². The van der Waals surface area contributed by atoms with Crippen LogP contribution in [0.25, 0.3) is 0 Å². The molecule has 1 atom stereocenters. The first-order valence-electron chi connectivity index (χ1n) is 6.59. The first-order valence-corrected chi connectivity index (χ1v) is 6.59. The van der Waals surface area contributed by atoms with E-state index in [0.717, 1.165) is 17.2 Å². The van der Waals surface area contributed by atoms with E-state index in [4.69, 9.17) is 4.74 Å². The average Bonchev–Trinajstić information content (AvgIpc) is 2.31. The van der Waals surface area contributed by atoms with Crippen LogP contribution in [0.4, 0.5) is 5.82 Å². The fraction of sp³-hybridized carbons (Fsp3) is 0.714. The van der Waals surface area contributed by atoms with Crippen LogP contribution in [0.5, 0.6) is 5.88 Å². The van der Waals surface area contributed by atoms with Gasteiger partial charge in [-0.2, -0.15) is 4.98 Å². The summed E-state index contributed by atoms with van der Waals surface area (Å²) >= 11 is 0. The summed E-state index contributed by atoms with van der Waals surface area (Å²) in [5, 5.41) is 3.10. The second-order valence-corrected chi connectivity index (χ2v) is 5.33. The lowest BCUT2D eigenvalue weighted by molar-refractivity contribution is 0.161. The fourth-order valence-electron chi connectivity index (χ4n) is 1.44. The monoisotopic (exact) mass is 251 g/mol. The van der Waals surface area contributed by atoms with Crippen LogP contribution in [0, 0.1) is 12.8 Å². The molecule has 102 valence electrons. The number of rotatable bonds is 5. The van der Waals surface area contributed by atoms with Crippen molar-refractivity contribution in [1.29, 1.82) is 0 Å². The minimum absolute atomic E-state index is 0.142. The number of anilines is 1. The van der Waals surface area contributed by atoms with Crippen LogP contribution >= 0.6 is 0 Å². The van der Waals surface area contributed by atoms with Gasteiger partial charge >= 0.3 is 0 Å². The Morgan fingerprint density at radius 2 is 1.67 bits per heavy atom. The minimum Gasteiger partial charge on any atom is -0.474 e. The van der Waals surface area contributed by atoms with E-state index in [1.54, 1.807) is 0 Å². The van der Waals surface area contributed by atoms with Crippen molar-refractivity contribution in [2.45, 2.75) is 53.6 Å². The largest absolute Gasteiger partial charge is 0.474 e. The maximum absolute atomic E-state index is 5.95. The summed E-state index contributed by atoms with van der Waals surface area (Å²) in [7, 11) is 1.87. The maximum atomic E-state index is 5.95. The highest BCUT2D eigenvalue weighted by atomic mass is 16.5. The molecule has 0 amide bonds. The third kappa shape index (κ3) is 3.34. The van der Waals surface area contributed by atoms with Gasteiger partial charge in [0.2, 0.25) is 5.88 Å². The van der Waals surface area contributed by atoms with E-state index in [-0.39, 0.29) is 12.0 Å². The van der Waals surface area contributed by atoms with Gasteiger partial charge in [-0.25, -0.2) is 4.98 Å². The van der Waals surface area contributed by atoms with Crippen LogP contribution in [0.3, 0.4) is 0 Å². The molecule has 0 aromatic carbocycles. The van der Waals surface area contributed by atoms with Gasteiger partial charge in [-0.15, -0.1) is 0 Å². The van der Waals surface area contributed by atoms with Crippen molar-refractivity contribution >= 4 is 5.82 Å². The molecule has 0 radical (unpaired) electrons. The molecule has 18 heavy (non-hydrogen) atoms. The predicted octanol–water partition coefficient (Wildman–Crippen LogP) is 3.37. The Morgan fingerprint density at radius 3 is 2.11 bits per heavy atom. The summed E-state index contributed by atoms with van der Waals surface area (Å²) in [5.74, 6) is 3.10. The van der Waals surface area contributed by atoms with E-state index in [1.807, 2.05) is 14.0 Å². The summed E-state index contributed by atoms with van der Waals surface area (Å²) in [6, 6.07) is 0. The lowest BCUT2D eigenvalue weighted by atomic mass is 10.1. The first-order chi connectivity index (χ1) is 8.36. The molecule has 0 aliphatic heterocycles. The molecule has 0 saturated carbocycles. The second kappa shape index (κ2) is 6.03. The van der Waals surface area contributed by atoms with Crippen molar-refractivity contribution in [3.63, 3.8) is 0 Å². The average molecular weight is 251 g/mol. The van der Waals surface area contributed by atoms with E-state index in [1.165, 1.54) is 0 Å². The lowest BCUT2D eigenvalue weighted by Crippen LogP contribution is -2.21. The van der Waals surface area contributed by atoms with Crippen molar-refractivity contribution in [2.75, 3.05) is 12.4 Å². The van der Waals surface area contributed by atoms with Gasteiger partial charge in [0, 0.05) is 13.0 Å². The highest BCUT2D eigenvalue weighted by molar-refractivity contribution is 5.48. The molecule has 0 aliphatic rings. The molecule has 1 heterocycles. The highest BCUT2D eigenvalue weighted by Crippen LogP contribution is 2.26. The summed E-state index contributed by atoms with van der Waals surface area (Å²) in [4.78, 5) is 9.03. The molecule has 4 nitrogen and oxygen atoms in total. The van der Waals surface area contributed by atoms with E-state index in [0.29, 0.717) is 11.8 Å². The molecule has 0 spiro atoms. The number of aromatic nitrogens is 2. The zero-order valence-electron chi connectivity index (χ0n) is 12.5. The smallest absolute Gasteiger partial charge is 0.222 e. The third-order valence-corrected chi connectivity index (χ3v) is 3.11. The van der Waals surface area contributed by atoms with Crippen molar-refractivity contribution in [2.24, 2.45) is 5.92 Å². The van der Waals surface area contributed by atoms with Crippen LogP contribution in [-0.2, 0) is 0 Å². The van der Waals surface area contributed by atoms with Gasteiger partial charge in [-0.05, 0) is 19.8 Å². The molecule has 0 bridgehead atoms. The normalized spacial score (nSPS) is 12.9. The Kier molecular flexibility index (Phi) is 4.93. The minimum atomic E-state index is 0.142. The molecule has 1 aromatic heterocycles. The van der Waals surface area contributed by atoms with Gasteiger partial charge in [-0.1, -0.05) is 27.7 Å². The highest BCUT2D eigenvalue weighted by Gasteiger charge is 2.16. The summed E-state index contributed by atoms with van der Waals surface area (Å²) < 4.78 is 5.95. The molecule has 4 heteroatoms. The number of ether oxygens (including phenoxy) is 1. The van der Waals surface area contributed by atoms with Crippen LogP contribution in [0.2, 0.25) is 0 Å². The van der Waals surface area contributed by atoms with Crippen LogP contribution in [-0.4, -0.2) is 23.1 Å². The number of hydrogen-bond acceptors (Lipinski definition) is 4. The zero-order chi connectivity index (χ0) is 13.9. The van der Waals surface area contributed by atoms with E-state index in [2.05, 4.69) is 49.9 Å². The van der Waals surface area contributed by atoms with Crippen LogP contribution in [0.1, 0.15) is 51.9 Å². The van der Waals surface area contributed by atoms with Gasteiger partial charge < -0.3 is 10.1 Å². The van der Waals surface area contributed by atoms with Crippen molar-refractivity contribution in [3.05, 3.63) is 11.4 Å². The Morgan fingerprint density at radius 1 is 1.06 bits per heavy atom. The second-order valence-electron chi connectivity index (χ2n) is 5.33. The van der Waals surface area contributed by atoms with Crippen molar-refractivity contribution < 1.29 is 4.74 Å². The number of nitrogens with zero attached hydrogens (tertiary/aromatic N) is 2. The molecule has 1 rings (SSSR count).